The first-order chi connectivity index (χ1) is 8.22. The molecule has 5 heteroatoms. The number of halogens is 1. The van der Waals surface area contributed by atoms with Gasteiger partial charge in [-0.2, -0.15) is 0 Å². The standard InChI is InChI=1S/C12H21ClN2O2/c13-8-11(16)15-9-12(17)14-7-6-10-4-2-1-3-5-10/h10H,1-9H2,(H,14,17)(H,15,16). The third-order valence-electron chi connectivity index (χ3n) is 3.17. The molecule has 98 valence electrons. The van der Waals surface area contributed by atoms with Crippen molar-refractivity contribution >= 4 is 23.4 Å². The molecule has 0 aromatic carbocycles. The van der Waals surface area contributed by atoms with Crippen LogP contribution in [0.2, 0.25) is 0 Å². The van der Waals surface area contributed by atoms with E-state index in [1.54, 1.807) is 0 Å². The van der Waals surface area contributed by atoms with E-state index in [2.05, 4.69) is 10.6 Å². The van der Waals surface area contributed by atoms with Crippen LogP contribution >= 0.6 is 11.6 Å². The van der Waals surface area contributed by atoms with Crippen LogP contribution in [0.1, 0.15) is 38.5 Å². The predicted octanol–water partition coefficient (Wildman–Crippen LogP) is 1.43. The van der Waals surface area contributed by atoms with E-state index in [1.165, 1.54) is 32.1 Å². The highest BCUT2D eigenvalue weighted by molar-refractivity contribution is 6.27. The Hall–Kier alpha value is -0.770. The fourth-order valence-corrected chi connectivity index (χ4v) is 2.27. The summed E-state index contributed by atoms with van der Waals surface area (Å²) >= 11 is 5.30. The molecule has 0 atom stereocenters. The lowest BCUT2D eigenvalue weighted by Gasteiger charge is -2.21. The zero-order chi connectivity index (χ0) is 12.5. The van der Waals surface area contributed by atoms with Crippen molar-refractivity contribution in [3.8, 4) is 0 Å². The SMILES string of the molecule is O=C(CCl)NCC(=O)NCCC1CCCCC1. The predicted molar refractivity (Wildman–Crippen MR) is 67.9 cm³/mol. The van der Waals surface area contributed by atoms with Gasteiger partial charge in [-0.05, 0) is 12.3 Å². The lowest BCUT2D eigenvalue weighted by atomic mass is 9.87. The smallest absolute Gasteiger partial charge is 0.239 e. The van der Waals surface area contributed by atoms with Gasteiger partial charge in [-0.3, -0.25) is 9.59 Å². The molecule has 17 heavy (non-hydrogen) atoms. The van der Waals surface area contributed by atoms with Gasteiger partial charge >= 0.3 is 0 Å². The molecule has 0 spiro atoms. The molecular weight excluding hydrogens is 240 g/mol. The summed E-state index contributed by atoms with van der Waals surface area (Å²) in [4.78, 5) is 22.2. The molecule has 0 radical (unpaired) electrons. The molecule has 1 aliphatic carbocycles. The maximum Gasteiger partial charge on any atom is 0.239 e. The van der Waals surface area contributed by atoms with Crippen molar-refractivity contribution in [1.82, 2.24) is 10.6 Å². The molecule has 4 nitrogen and oxygen atoms in total. The van der Waals surface area contributed by atoms with Crippen LogP contribution in [0.5, 0.6) is 0 Å². The van der Waals surface area contributed by atoms with Crippen molar-refractivity contribution < 1.29 is 9.59 Å². The fourth-order valence-electron chi connectivity index (χ4n) is 2.18. The van der Waals surface area contributed by atoms with E-state index in [-0.39, 0.29) is 24.2 Å². The van der Waals surface area contributed by atoms with Crippen molar-refractivity contribution in [3.63, 3.8) is 0 Å². The Bertz CT molecular complexity index is 253. The molecule has 0 aliphatic heterocycles. The van der Waals surface area contributed by atoms with Gasteiger partial charge in [-0.1, -0.05) is 32.1 Å². The average molecular weight is 261 g/mol. The van der Waals surface area contributed by atoms with Gasteiger partial charge in [0.2, 0.25) is 11.8 Å². The quantitative estimate of drug-likeness (QED) is 0.710. The summed E-state index contributed by atoms with van der Waals surface area (Å²) < 4.78 is 0. The Kier molecular flexibility index (Phi) is 7.01. The molecule has 0 unspecified atom stereocenters. The summed E-state index contributed by atoms with van der Waals surface area (Å²) in [5.41, 5.74) is 0. The second kappa shape index (κ2) is 8.34. The highest BCUT2D eigenvalue weighted by Gasteiger charge is 2.13. The molecular formula is C12H21ClN2O2. The molecule has 2 amide bonds. The first-order valence-corrected chi connectivity index (χ1v) is 6.85. The summed E-state index contributed by atoms with van der Waals surface area (Å²) in [6.45, 7) is 0.733. The molecule has 1 saturated carbocycles. The van der Waals surface area contributed by atoms with Crippen molar-refractivity contribution in [2.75, 3.05) is 19.0 Å². The molecule has 0 aromatic rings. The summed E-state index contributed by atoms with van der Waals surface area (Å²) in [5.74, 6) is 0.213. The topological polar surface area (TPSA) is 58.2 Å². The van der Waals surface area contributed by atoms with E-state index in [1.807, 2.05) is 0 Å². The van der Waals surface area contributed by atoms with E-state index in [0.717, 1.165) is 12.3 Å². The number of rotatable bonds is 6. The van der Waals surface area contributed by atoms with Crippen LogP contribution in [0.15, 0.2) is 0 Å². The minimum absolute atomic E-state index is 0.0240. The van der Waals surface area contributed by atoms with Crippen LogP contribution in [0.3, 0.4) is 0 Å². The monoisotopic (exact) mass is 260 g/mol. The van der Waals surface area contributed by atoms with E-state index < -0.39 is 0 Å². The average Bonchev–Trinajstić information content (AvgIpc) is 2.37. The summed E-state index contributed by atoms with van der Waals surface area (Å²) in [6, 6.07) is 0. The maximum atomic E-state index is 11.3. The molecule has 1 aliphatic rings. The molecule has 0 bridgehead atoms. The van der Waals surface area contributed by atoms with Crippen molar-refractivity contribution in [1.29, 1.82) is 0 Å². The van der Waals surface area contributed by atoms with Gasteiger partial charge in [-0.25, -0.2) is 0 Å². The van der Waals surface area contributed by atoms with E-state index in [4.69, 9.17) is 11.6 Å². The number of nitrogens with one attached hydrogen (secondary N) is 2. The normalized spacial score (nSPS) is 16.5. The highest BCUT2D eigenvalue weighted by atomic mass is 35.5. The van der Waals surface area contributed by atoms with Crippen LogP contribution in [0, 0.1) is 5.92 Å². The molecule has 0 saturated heterocycles. The fraction of sp³-hybridized carbons (Fsp3) is 0.833. The van der Waals surface area contributed by atoms with E-state index >= 15 is 0 Å². The molecule has 0 heterocycles. The molecule has 0 aromatic heterocycles. The number of carbonyl (C=O) groups is 2. The number of alkyl halides is 1. The van der Waals surface area contributed by atoms with Crippen molar-refractivity contribution in [2.45, 2.75) is 38.5 Å². The lowest BCUT2D eigenvalue weighted by molar-refractivity contribution is -0.124. The van der Waals surface area contributed by atoms with Gasteiger partial charge in [0, 0.05) is 6.54 Å². The van der Waals surface area contributed by atoms with Gasteiger partial charge < -0.3 is 10.6 Å². The van der Waals surface area contributed by atoms with E-state index in [9.17, 15) is 9.59 Å². The highest BCUT2D eigenvalue weighted by Crippen LogP contribution is 2.25. The summed E-state index contributed by atoms with van der Waals surface area (Å²) in [5, 5.41) is 5.25. The zero-order valence-electron chi connectivity index (χ0n) is 10.1. The second-order valence-corrected chi connectivity index (χ2v) is 4.82. The largest absolute Gasteiger partial charge is 0.355 e. The maximum absolute atomic E-state index is 11.3. The van der Waals surface area contributed by atoms with E-state index in [0.29, 0.717) is 6.54 Å². The zero-order valence-corrected chi connectivity index (χ0v) is 10.9. The van der Waals surface area contributed by atoms with Crippen LogP contribution in [0.4, 0.5) is 0 Å². The summed E-state index contributed by atoms with van der Waals surface area (Å²) in [6.07, 6.45) is 7.63. The lowest BCUT2D eigenvalue weighted by Crippen LogP contribution is -2.38. The van der Waals surface area contributed by atoms with Crippen molar-refractivity contribution in [3.05, 3.63) is 0 Å². The van der Waals surface area contributed by atoms with Crippen molar-refractivity contribution in [2.24, 2.45) is 5.92 Å². The Labute approximate surface area is 107 Å². The Balaban J connectivity index is 2.01. The number of carbonyl (C=O) groups excluding carboxylic acids is 2. The number of hydrogen-bond acceptors (Lipinski definition) is 2. The Morgan fingerprint density at radius 3 is 2.41 bits per heavy atom. The first-order valence-electron chi connectivity index (χ1n) is 6.31. The van der Waals surface area contributed by atoms with Gasteiger partial charge in [0.1, 0.15) is 5.88 Å². The summed E-state index contributed by atoms with van der Waals surface area (Å²) in [7, 11) is 0. The molecule has 1 rings (SSSR count). The third-order valence-corrected chi connectivity index (χ3v) is 3.41. The van der Waals surface area contributed by atoms with Gasteiger partial charge in [0.25, 0.3) is 0 Å². The third kappa shape index (κ3) is 6.51. The van der Waals surface area contributed by atoms with Crippen LogP contribution in [-0.2, 0) is 9.59 Å². The molecule has 1 fully saturated rings. The van der Waals surface area contributed by atoms with Crippen LogP contribution < -0.4 is 10.6 Å². The minimum atomic E-state index is -0.311. The van der Waals surface area contributed by atoms with Gasteiger partial charge in [-0.15, -0.1) is 11.6 Å². The Morgan fingerprint density at radius 2 is 1.76 bits per heavy atom. The van der Waals surface area contributed by atoms with Gasteiger partial charge in [0.05, 0.1) is 6.54 Å². The van der Waals surface area contributed by atoms with Crippen LogP contribution in [-0.4, -0.2) is 30.8 Å². The first kappa shape index (κ1) is 14.3. The molecule has 2 N–H and O–H groups in total. The van der Waals surface area contributed by atoms with Crippen LogP contribution in [0.25, 0.3) is 0 Å². The number of hydrogen-bond donors (Lipinski definition) is 2. The minimum Gasteiger partial charge on any atom is -0.355 e. The Morgan fingerprint density at radius 1 is 1.06 bits per heavy atom. The number of amides is 2. The second-order valence-electron chi connectivity index (χ2n) is 4.55. The van der Waals surface area contributed by atoms with Gasteiger partial charge in [0.15, 0.2) is 0 Å².